The van der Waals surface area contributed by atoms with Crippen molar-refractivity contribution < 1.29 is 14.2 Å². The number of hydrogen-bond donors (Lipinski definition) is 0. The van der Waals surface area contributed by atoms with Crippen molar-refractivity contribution >= 4 is 27.5 Å². The fourth-order valence-electron chi connectivity index (χ4n) is 4.21. The highest BCUT2D eigenvalue weighted by atomic mass is 79.9. The Morgan fingerprint density at radius 3 is 2.00 bits per heavy atom. The van der Waals surface area contributed by atoms with Gasteiger partial charge in [0.2, 0.25) is 0 Å². The van der Waals surface area contributed by atoms with Crippen molar-refractivity contribution in [1.82, 2.24) is 0 Å². The van der Waals surface area contributed by atoms with Crippen LogP contribution in [0.15, 0.2) is 77.3 Å². The van der Waals surface area contributed by atoms with Gasteiger partial charge in [-0.05, 0) is 66.1 Å². The largest absolute Gasteiger partial charge is 0.496 e. The maximum absolute atomic E-state index is 6.39. The summed E-state index contributed by atoms with van der Waals surface area (Å²) in [5.41, 5.74) is 6.89. The van der Waals surface area contributed by atoms with Gasteiger partial charge in [0, 0.05) is 31.7 Å². The van der Waals surface area contributed by atoms with Gasteiger partial charge in [0.15, 0.2) is 0 Å². The smallest absolute Gasteiger partial charge is 0.135 e. The lowest BCUT2D eigenvalue weighted by Gasteiger charge is -2.23. The number of aryl methyl sites for hydroxylation is 1. The van der Waals surface area contributed by atoms with Crippen LogP contribution in [-0.2, 0) is 0 Å². The molecular formula is C28H24BrClO3. The van der Waals surface area contributed by atoms with Gasteiger partial charge in [0.1, 0.15) is 17.2 Å². The van der Waals surface area contributed by atoms with E-state index in [4.69, 9.17) is 25.8 Å². The molecule has 0 amide bonds. The number of hydrogen-bond acceptors (Lipinski definition) is 3. The molecule has 0 atom stereocenters. The van der Waals surface area contributed by atoms with Gasteiger partial charge in [0.05, 0.1) is 21.3 Å². The van der Waals surface area contributed by atoms with E-state index in [1.165, 1.54) is 0 Å². The molecule has 4 rings (SSSR count). The summed E-state index contributed by atoms with van der Waals surface area (Å²) in [6.07, 6.45) is 0. The maximum atomic E-state index is 6.39. The summed E-state index contributed by atoms with van der Waals surface area (Å²) in [7, 11) is 5.02. The summed E-state index contributed by atoms with van der Waals surface area (Å²) in [6.45, 7) is 2.11. The van der Waals surface area contributed by atoms with Crippen LogP contribution in [-0.4, -0.2) is 21.3 Å². The second-order valence-corrected chi connectivity index (χ2v) is 8.93. The summed E-state index contributed by atoms with van der Waals surface area (Å²) < 4.78 is 18.5. The molecule has 0 unspecified atom stereocenters. The molecule has 0 aliphatic heterocycles. The highest BCUT2D eigenvalue weighted by Crippen LogP contribution is 2.51. The van der Waals surface area contributed by atoms with E-state index in [9.17, 15) is 0 Å². The topological polar surface area (TPSA) is 27.7 Å². The van der Waals surface area contributed by atoms with Crippen LogP contribution in [0.25, 0.3) is 33.4 Å². The maximum Gasteiger partial charge on any atom is 0.135 e. The Morgan fingerprint density at radius 1 is 0.667 bits per heavy atom. The first kappa shape index (κ1) is 23.2. The van der Waals surface area contributed by atoms with Crippen molar-refractivity contribution in [2.75, 3.05) is 21.3 Å². The van der Waals surface area contributed by atoms with Crippen LogP contribution in [0.3, 0.4) is 0 Å². The van der Waals surface area contributed by atoms with Crippen molar-refractivity contribution in [3.8, 4) is 50.6 Å². The summed E-state index contributed by atoms with van der Waals surface area (Å²) in [4.78, 5) is 0. The molecular weight excluding hydrogens is 500 g/mol. The Labute approximate surface area is 208 Å². The molecule has 5 heteroatoms. The van der Waals surface area contributed by atoms with Crippen molar-refractivity contribution in [2.24, 2.45) is 0 Å². The van der Waals surface area contributed by atoms with Gasteiger partial charge in [-0.25, -0.2) is 0 Å². The van der Waals surface area contributed by atoms with E-state index >= 15 is 0 Å². The minimum absolute atomic E-state index is 0.624. The summed E-state index contributed by atoms with van der Waals surface area (Å²) >= 11 is 10.0. The van der Waals surface area contributed by atoms with E-state index in [0.29, 0.717) is 5.02 Å². The molecule has 3 nitrogen and oxygen atoms in total. The quantitative estimate of drug-likeness (QED) is 0.254. The molecule has 0 heterocycles. The standard InChI is InChI=1S/C28H24BrClO3/c1-17-14-22(21-16-20(30)11-13-24(21)31-2)28(33-4)27(26(17)18-8-6-5-7-9-18)23-15-19(29)10-12-25(23)32-3/h5-16H,1-4H3. The van der Waals surface area contributed by atoms with Crippen molar-refractivity contribution in [3.63, 3.8) is 0 Å². The van der Waals surface area contributed by atoms with Gasteiger partial charge in [-0.2, -0.15) is 0 Å². The van der Waals surface area contributed by atoms with Gasteiger partial charge in [-0.15, -0.1) is 0 Å². The Kier molecular flexibility index (Phi) is 6.96. The Balaban J connectivity index is 2.17. The highest BCUT2D eigenvalue weighted by molar-refractivity contribution is 9.10. The molecule has 0 aromatic heterocycles. The van der Waals surface area contributed by atoms with E-state index < -0.39 is 0 Å². The second-order valence-electron chi connectivity index (χ2n) is 7.58. The van der Waals surface area contributed by atoms with Crippen molar-refractivity contribution in [1.29, 1.82) is 0 Å². The zero-order valence-corrected chi connectivity index (χ0v) is 21.3. The number of rotatable bonds is 6. The van der Waals surface area contributed by atoms with Crippen LogP contribution in [0.2, 0.25) is 5.02 Å². The molecule has 4 aromatic rings. The van der Waals surface area contributed by atoms with E-state index in [0.717, 1.165) is 60.7 Å². The van der Waals surface area contributed by atoms with Crippen LogP contribution in [0.4, 0.5) is 0 Å². The lowest BCUT2D eigenvalue weighted by atomic mass is 9.86. The SMILES string of the molecule is COc1ccc(Cl)cc1-c1cc(C)c(-c2ccccc2)c(-c2cc(Br)ccc2OC)c1OC. The van der Waals surface area contributed by atoms with Gasteiger partial charge in [0.25, 0.3) is 0 Å². The first-order valence-electron chi connectivity index (χ1n) is 10.4. The van der Waals surface area contributed by atoms with E-state index in [1.54, 1.807) is 21.3 Å². The van der Waals surface area contributed by atoms with Crippen LogP contribution < -0.4 is 14.2 Å². The summed E-state index contributed by atoms with van der Waals surface area (Å²) in [5.74, 6) is 2.19. The third-order valence-corrected chi connectivity index (χ3v) is 6.35. The number of ether oxygens (including phenoxy) is 3. The molecule has 0 radical (unpaired) electrons. The highest BCUT2D eigenvalue weighted by Gasteiger charge is 2.24. The van der Waals surface area contributed by atoms with Crippen LogP contribution >= 0.6 is 27.5 Å². The minimum Gasteiger partial charge on any atom is -0.496 e. The fourth-order valence-corrected chi connectivity index (χ4v) is 4.74. The van der Waals surface area contributed by atoms with Crippen LogP contribution in [0, 0.1) is 6.92 Å². The molecule has 0 saturated carbocycles. The number of methoxy groups -OCH3 is 3. The number of halogens is 2. The minimum atomic E-state index is 0.624. The molecule has 0 aliphatic carbocycles. The molecule has 4 aromatic carbocycles. The first-order chi connectivity index (χ1) is 16.0. The average Bonchev–Trinajstić information content (AvgIpc) is 2.83. The molecule has 0 fully saturated rings. The van der Waals surface area contributed by atoms with E-state index in [-0.39, 0.29) is 0 Å². The van der Waals surface area contributed by atoms with Crippen molar-refractivity contribution in [2.45, 2.75) is 6.92 Å². The Hall–Kier alpha value is -2.95. The number of benzene rings is 4. The molecule has 0 aliphatic rings. The second kappa shape index (κ2) is 9.90. The average molecular weight is 524 g/mol. The molecule has 168 valence electrons. The third-order valence-electron chi connectivity index (χ3n) is 5.63. The fraction of sp³-hybridized carbons (Fsp3) is 0.143. The van der Waals surface area contributed by atoms with Gasteiger partial charge in [-0.1, -0.05) is 57.9 Å². The van der Waals surface area contributed by atoms with Gasteiger partial charge < -0.3 is 14.2 Å². The predicted octanol–water partition coefficient (Wildman–Crippen LogP) is 8.44. The molecule has 33 heavy (non-hydrogen) atoms. The van der Waals surface area contributed by atoms with Crippen LogP contribution in [0.5, 0.6) is 17.2 Å². The third kappa shape index (κ3) is 4.46. The van der Waals surface area contributed by atoms with Crippen LogP contribution in [0.1, 0.15) is 5.56 Å². The van der Waals surface area contributed by atoms with E-state index in [1.807, 2.05) is 48.5 Å². The first-order valence-corrected chi connectivity index (χ1v) is 11.6. The Bertz CT molecular complexity index is 1300. The normalized spacial score (nSPS) is 10.7. The van der Waals surface area contributed by atoms with Gasteiger partial charge in [-0.3, -0.25) is 0 Å². The molecule has 0 saturated heterocycles. The van der Waals surface area contributed by atoms with E-state index in [2.05, 4.69) is 47.1 Å². The lowest BCUT2D eigenvalue weighted by Crippen LogP contribution is -2.00. The summed E-state index contributed by atoms with van der Waals surface area (Å²) in [6, 6.07) is 24.0. The monoisotopic (exact) mass is 522 g/mol. The lowest BCUT2D eigenvalue weighted by molar-refractivity contribution is 0.408. The van der Waals surface area contributed by atoms with Gasteiger partial charge >= 0.3 is 0 Å². The van der Waals surface area contributed by atoms with Crippen molar-refractivity contribution in [3.05, 3.63) is 87.9 Å². The summed E-state index contributed by atoms with van der Waals surface area (Å²) in [5, 5.41) is 0.624. The zero-order chi connectivity index (χ0) is 23.5. The predicted molar refractivity (Wildman–Crippen MR) is 140 cm³/mol. The zero-order valence-electron chi connectivity index (χ0n) is 18.9. The molecule has 0 spiro atoms. The Morgan fingerprint density at radius 2 is 1.33 bits per heavy atom. The molecule has 0 bridgehead atoms. The molecule has 0 N–H and O–H groups in total.